The van der Waals surface area contributed by atoms with Crippen molar-refractivity contribution in [1.82, 2.24) is 5.01 Å². The van der Waals surface area contributed by atoms with Gasteiger partial charge in [0.1, 0.15) is 11.5 Å². The van der Waals surface area contributed by atoms with Gasteiger partial charge < -0.3 is 4.42 Å². The number of hydrazone groups is 1. The van der Waals surface area contributed by atoms with E-state index in [2.05, 4.69) is 21.0 Å². The van der Waals surface area contributed by atoms with E-state index in [1.807, 2.05) is 67.6 Å². The van der Waals surface area contributed by atoms with Gasteiger partial charge in [-0.05, 0) is 42.8 Å². The maximum Gasteiger partial charge on any atom is 0.274 e. The molecule has 2 heterocycles. The predicted molar refractivity (Wildman–Crippen MR) is 104 cm³/mol. The first-order chi connectivity index (χ1) is 12.6. The van der Waals surface area contributed by atoms with Gasteiger partial charge in [-0.2, -0.15) is 5.10 Å². The van der Waals surface area contributed by atoms with E-state index in [1.165, 1.54) is 0 Å². The minimum atomic E-state index is -0.182. The van der Waals surface area contributed by atoms with E-state index in [4.69, 9.17) is 4.42 Å². The average molecular weight is 409 g/mol. The highest BCUT2D eigenvalue weighted by molar-refractivity contribution is 9.10. The summed E-state index contributed by atoms with van der Waals surface area (Å²) in [4.78, 5) is 13.2. The second-order valence-electron chi connectivity index (χ2n) is 6.28. The lowest BCUT2D eigenvalue weighted by Gasteiger charge is -2.23. The van der Waals surface area contributed by atoms with Gasteiger partial charge in [0.05, 0.1) is 12.3 Å². The van der Waals surface area contributed by atoms with Crippen molar-refractivity contribution in [1.29, 1.82) is 0 Å². The fraction of sp³-hybridized carbons (Fsp3) is 0.143. The third-order valence-corrected chi connectivity index (χ3v) is 5.18. The van der Waals surface area contributed by atoms with Gasteiger partial charge in [0.15, 0.2) is 0 Å². The Morgan fingerprint density at radius 3 is 2.73 bits per heavy atom. The van der Waals surface area contributed by atoms with Crippen LogP contribution >= 0.6 is 15.9 Å². The lowest BCUT2D eigenvalue weighted by Crippen LogP contribution is -2.27. The Kier molecular flexibility index (Phi) is 4.47. The molecule has 5 heteroatoms. The summed E-state index contributed by atoms with van der Waals surface area (Å²) in [6, 6.07) is 19.0. The average Bonchev–Trinajstić information content (AvgIpc) is 3.31. The molecule has 1 aromatic heterocycles. The Morgan fingerprint density at radius 1 is 1.15 bits per heavy atom. The number of nitrogens with zero attached hydrogens (tertiary/aromatic N) is 2. The molecule has 26 heavy (non-hydrogen) atoms. The summed E-state index contributed by atoms with van der Waals surface area (Å²) in [7, 11) is 0. The first-order valence-corrected chi connectivity index (χ1v) is 9.19. The lowest BCUT2D eigenvalue weighted by molar-refractivity contribution is 0.0710. The molecule has 0 saturated carbocycles. The highest BCUT2D eigenvalue weighted by atomic mass is 79.9. The summed E-state index contributed by atoms with van der Waals surface area (Å²) < 4.78 is 6.47. The van der Waals surface area contributed by atoms with Crippen LogP contribution in [0.1, 0.15) is 39.7 Å². The molecule has 0 bridgehead atoms. The molecule has 3 aromatic rings. The molecule has 1 atom stereocenters. The maximum absolute atomic E-state index is 13.2. The quantitative estimate of drug-likeness (QED) is 0.586. The van der Waals surface area contributed by atoms with Gasteiger partial charge in [0, 0.05) is 16.5 Å². The van der Waals surface area contributed by atoms with E-state index >= 15 is 0 Å². The van der Waals surface area contributed by atoms with Crippen LogP contribution in [0.25, 0.3) is 0 Å². The van der Waals surface area contributed by atoms with Crippen molar-refractivity contribution in [2.24, 2.45) is 5.10 Å². The third-order valence-electron chi connectivity index (χ3n) is 4.45. The molecule has 130 valence electrons. The lowest BCUT2D eigenvalue weighted by atomic mass is 10.0. The number of amides is 1. The van der Waals surface area contributed by atoms with Crippen molar-refractivity contribution in [2.75, 3.05) is 0 Å². The summed E-state index contributed by atoms with van der Waals surface area (Å²) in [5.74, 6) is 0.581. The van der Waals surface area contributed by atoms with Crippen molar-refractivity contribution in [3.63, 3.8) is 0 Å². The van der Waals surface area contributed by atoms with Crippen LogP contribution in [-0.4, -0.2) is 16.6 Å². The molecule has 4 rings (SSSR count). The second kappa shape index (κ2) is 6.92. The Hall–Kier alpha value is -2.66. The summed E-state index contributed by atoms with van der Waals surface area (Å²) in [6.07, 6.45) is 2.23. The van der Waals surface area contributed by atoms with Gasteiger partial charge in [0.25, 0.3) is 5.91 Å². The maximum atomic E-state index is 13.2. The number of hydrogen-bond acceptors (Lipinski definition) is 3. The highest BCUT2D eigenvalue weighted by Gasteiger charge is 2.35. The molecule has 4 nitrogen and oxygen atoms in total. The summed E-state index contributed by atoms with van der Waals surface area (Å²) >= 11 is 3.61. The molecule has 0 aliphatic carbocycles. The molecular formula is C21H17BrN2O2. The standard InChI is InChI=1S/C21H17BrN2O2/c1-14-6-4-7-15(12-14)21(25)24-19(16-8-2-3-9-17(16)22)13-18(23-24)20-10-5-11-26-20/h2-12,19H,13H2,1H3/t19-/m0/s1. The van der Waals surface area contributed by atoms with Crippen LogP contribution in [0.4, 0.5) is 0 Å². The Morgan fingerprint density at radius 2 is 2.00 bits per heavy atom. The molecule has 1 amide bonds. The fourth-order valence-corrected chi connectivity index (χ4v) is 3.74. The minimum absolute atomic E-state index is 0.115. The van der Waals surface area contributed by atoms with Gasteiger partial charge in [-0.15, -0.1) is 0 Å². The van der Waals surface area contributed by atoms with Crippen LogP contribution in [0.2, 0.25) is 0 Å². The molecule has 0 spiro atoms. The number of benzene rings is 2. The van der Waals surface area contributed by atoms with Gasteiger partial charge in [-0.3, -0.25) is 4.79 Å². The Balaban J connectivity index is 1.76. The monoisotopic (exact) mass is 408 g/mol. The van der Waals surface area contributed by atoms with Crippen LogP contribution in [0.5, 0.6) is 0 Å². The predicted octanol–water partition coefficient (Wildman–Crippen LogP) is 5.34. The number of halogens is 1. The molecule has 1 aliphatic heterocycles. The van der Waals surface area contributed by atoms with Crippen molar-refractivity contribution < 1.29 is 9.21 Å². The first kappa shape index (κ1) is 16.8. The molecule has 0 N–H and O–H groups in total. The van der Waals surface area contributed by atoms with E-state index in [0.29, 0.717) is 17.7 Å². The summed E-state index contributed by atoms with van der Waals surface area (Å²) in [5, 5.41) is 6.20. The van der Waals surface area contributed by atoms with Gasteiger partial charge in [-0.1, -0.05) is 51.8 Å². The van der Waals surface area contributed by atoms with Crippen LogP contribution < -0.4 is 0 Å². The van der Waals surface area contributed by atoms with Gasteiger partial charge in [0.2, 0.25) is 0 Å². The number of carbonyl (C=O) groups excluding carboxylic acids is 1. The number of furan rings is 1. The SMILES string of the molecule is Cc1cccc(C(=O)N2N=C(c3ccco3)C[C@H]2c2ccccc2Br)c1. The zero-order chi connectivity index (χ0) is 18.1. The van der Waals surface area contributed by atoms with Gasteiger partial charge >= 0.3 is 0 Å². The summed E-state index contributed by atoms with van der Waals surface area (Å²) in [6.45, 7) is 1.98. The smallest absolute Gasteiger partial charge is 0.274 e. The zero-order valence-electron chi connectivity index (χ0n) is 14.2. The van der Waals surface area contributed by atoms with Crippen LogP contribution in [0.15, 0.2) is 80.9 Å². The Labute approximate surface area is 160 Å². The van der Waals surface area contributed by atoms with Crippen LogP contribution in [0.3, 0.4) is 0 Å². The second-order valence-corrected chi connectivity index (χ2v) is 7.14. The van der Waals surface area contributed by atoms with E-state index in [0.717, 1.165) is 21.3 Å². The Bertz CT molecular complexity index is 979. The zero-order valence-corrected chi connectivity index (χ0v) is 15.8. The molecular weight excluding hydrogens is 392 g/mol. The van der Waals surface area contributed by atoms with E-state index in [9.17, 15) is 4.79 Å². The van der Waals surface area contributed by atoms with E-state index in [1.54, 1.807) is 11.3 Å². The molecule has 0 unspecified atom stereocenters. The van der Waals surface area contributed by atoms with E-state index < -0.39 is 0 Å². The summed E-state index contributed by atoms with van der Waals surface area (Å²) in [5.41, 5.74) is 3.48. The highest BCUT2D eigenvalue weighted by Crippen LogP contribution is 2.37. The molecule has 1 aliphatic rings. The molecule has 0 saturated heterocycles. The van der Waals surface area contributed by atoms with Crippen molar-refractivity contribution >= 4 is 27.5 Å². The first-order valence-electron chi connectivity index (χ1n) is 8.39. The van der Waals surface area contributed by atoms with Crippen LogP contribution in [-0.2, 0) is 0 Å². The fourth-order valence-electron chi connectivity index (χ4n) is 3.19. The van der Waals surface area contributed by atoms with Crippen LogP contribution in [0, 0.1) is 6.92 Å². The topological polar surface area (TPSA) is 45.8 Å². The number of carbonyl (C=O) groups is 1. The minimum Gasteiger partial charge on any atom is -0.463 e. The van der Waals surface area contributed by atoms with Crippen molar-refractivity contribution in [2.45, 2.75) is 19.4 Å². The van der Waals surface area contributed by atoms with Crippen molar-refractivity contribution in [3.8, 4) is 0 Å². The largest absolute Gasteiger partial charge is 0.463 e. The van der Waals surface area contributed by atoms with Crippen molar-refractivity contribution in [3.05, 3.63) is 93.9 Å². The van der Waals surface area contributed by atoms with E-state index in [-0.39, 0.29) is 11.9 Å². The third kappa shape index (κ3) is 3.10. The molecule has 0 fully saturated rings. The van der Waals surface area contributed by atoms with Gasteiger partial charge in [-0.25, -0.2) is 5.01 Å². The number of aryl methyl sites for hydroxylation is 1. The molecule has 2 aromatic carbocycles. The number of rotatable bonds is 3. The number of hydrogen-bond donors (Lipinski definition) is 0. The molecule has 0 radical (unpaired) electrons. The normalized spacial score (nSPS) is 16.6.